The number of likely N-dealkylation sites (tertiary alicyclic amines) is 1. The van der Waals surface area contributed by atoms with Gasteiger partial charge in [-0.3, -0.25) is 4.90 Å². The fourth-order valence-electron chi connectivity index (χ4n) is 2.72. The number of rotatable bonds is 6. The molecular weight excluding hydrogens is 246 g/mol. The molecule has 0 aliphatic carbocycles. The minimum Gasteiger partial charge on any atom is -0.310 e. The van der Waals surface area contributed by atoms with Gasteiger partial charge in [0.25, 0.3) is 0 Å². The second kappa shape index (κ2) is 7.21. The van der Waals surface area contributed by atoms with Crippen molar-refractivity contribution in [3.8, 4) is 0 Å². The quantitative estimate of drug-likeness (QED) is 0.859. The number of nitrogens with zero attached hydrogens (tertiary/aromatic N) is 2. The van der Waals surface area contributed by atoms with Crippen LogP contribution in [0.25, 0.3) is 0 Å². The Hall–Kier alpha value is -0.900. The molecular formula is C17H29N3. The van der Waals surface area contributed by atoms with Gasteiger partial charge in [0.1, 0.15) is 0 Å². The van der Waals surface area contributed by atoms with E-state index < -0.39 is 0 Å². The summed E-state index contributed by atoms with van der Waals surface area (Å²) in [6.07, 6.45) is 1.30. The first-order valence-electron chi connectivity index (χ1n) is 7.74. The Labute approximate surface area is 124 Å². The Bertz CT molecular complexity index is 397. The first kappa shape index (κ1) is 15.5. The average Bonchev–Trinajstić information content (AvgIpc) is 2.86. The van der Waals surface area contributed by atoms with Crippen LogP contribution in [-0.2, 0) is 13.1 Å². The lowest BCUT2D eigenvalue weighted by atomic mass is 10.1. The molecule has 1 aromatic carbocycles. The summed E-state index contributed by atoms with van der Waals surface area (Å²) in [5, 5.41) is 3.46. The second-order valence-corrected chi connectivity index (χ2v) is 6.49. The molecule has 20 heavy (non-hydrogen) atoms. The van der Waals surface area contributed by atoms with Crippen LogP contribution < -0.4 is 5.32 Å². The zero-order valence-electron chi connectivity index (χ0n) is 13.4. The predicted molar refractivity (Wildman–Crippen MR) is 85.8 cm³/mol. The lowest BCUT2D eigenvalue weighted by Gasteiger charge is -2.20. The van der Waals surface area contributed by atoms with Crippen molar-refractivity contribution in [3.05, 3.63) is 35.4 Å². The summed E-state index contributed by atoms with van der Waals surface area (Å²) in [6.45, 7) is 8.83. The number of nitrogens with one attached hydrogen (secondary N) is 1. The Kier molecular flexibility index (Phi) is 5.58. The molecule has 0 saturated carbocycles. The van der Waals surface area contributed by atoms with Gasteiger partial charge in [0, 0.05) is 38.3 Å². The van der Waals surface area contributed by atoms with Gasteiger partial charge in [0.05, 0.1) is 0 Å². The highest BCUT2D eigenvalue weighted by atomic mass is 15.2. The van der Waals surface area contributed by atoms with E-state index >= 15 is 0 Å². The molecule has 0 bridgehead atoms. The van der Waals surface area contributed by atoms with Crippen LogP contribution in [0.5, 0.6) is 0 Å². The molecule has 1 fully saturated rings. The molecule has 0 amide bonds. The maximum absolute atomic E-state index is 3.46. The van der Waals surface area contributed by atoms with Crippen LogP contribution in [0.2, 0.25) is 0 Å². The predicted octanol–water partition coefficient (Wildman–Crippen LogP) is 2.32. The third kappa shape index (κ3) is 4.58. The smallest absolute Gasteiger partial charge is 0.0234 e. The van der Waals surface area contributed by atoms with Crippen molar-refractivity contribution < 1.29 is 0 Å². The molecule has 1 unspecified atom stereocenters. The standard InChI is InChI=1S/C17H29N3/c1-14(2)18-11-15-5-7-16(8-6-15)12-20-10-9-17(13-20)19(3)4/h5-8,14,17-18H,9-13H2,1-4H3. The summed E-state index contributed by atoms with van der Waals surface area (Å²) in [4.78, 5) is 4.91. The highest BCUT2D eigenvalue weighted by Crippen LogP contribution is 2.16. The molecule has 1 aliphatic heterocycles. The lowest BCUT2D eigenvalue weighted by Crippen LogP contribution is -2.31. The van der Waals surface area contributed by atoms with Crippen molar-refractivity contribution in [1.82, 2.24) is 15.1 Å². The molecule has 1 N–H and O–H groups in total. The molecule has 3 heteroatoms. The molecule has 0 aromatic heterocycles. The van der Waals surface area contributed by atoms with Gasteiger partial charge in [0.15, 0.2) is 0 Å². The third-order valence-corrected chi connectivity index (χ3v) is 4.12. The van der Waals surface area contributed by atoms with E-state index in [0.29, 0.717) is 6.04 Å². The summed E-state index contributed by atoms with van der Waals surface area (Å²) in [5.74, 6) is 0. The maximum atomic E-state index is 3.46. The highest BCUT2D eigenvalue weighted by Gasteiger charge is 2.23. The average molecular weight is 275 g/mol. The summed E-state index contributed by atoms with van der Waals surface area (Å²) >= 11 is 0. The Morgan fingerprint density at radius 2 is 1.85 bits per heavy atom. The molecule has 1 aromatic rings. The fourth-order valence-corrected chi connectivity index (χ4v) is 2.72. The van der Waals surface area contributed by atoms with Crippen LogP contribution in [0, 0.1) is 0 Å². The monoisotopic (exact) mass is 275 g/mol. The van der Waals surface area contributed by atoms with Crippen LogP contribution in [-0.4, -0.2) is 49.1 Å². The molecule has 0 radical (unpaired) electrons. The van der Waals surface area contributed by atoms with E-state index in [-0.39, 0.29) is 0 Å². The molecule has 112 valence electrons. The highest BCUT2D eigenvalue weighted by molar-refractivity contribution is 5.22. The van der Waals surface area contributed by atoms with Gasteiger partial charge in [-0.15, -0.1) is 0 Å². The normalized spacial score (nSPS) is 20.2. The van der Waals surface area contributed by atoms with E-state index in [2.05, 4.69) is 67.3 Å². The minimum absolute atomic E-state index is 0.544. The number of likely N-dealkylation sites (N-methyl/N-ethyl adjacent to an activating group) is 1. The van der Waals surface area contributed by atoms with E-state index in [1.807, 2.05) is 0 Å². The SMILES string of the molecule is CC(C)NCc1ccc(CN2CCC(N(C)C)C2)cc1. The van der Waals surface area contributed by atoms with E-state index in [9.17, 15) is 0 Å². The number of hydrogen-bond donors (Lipinski definition) is 1. The van der Waals surface area contributed by atoms with Crippen molar-refractivity contribution in [2.75, 3.05) is 27.2 Å². The molecule has 1 saturated heterocycles. The van der Waals surface area contributed by atoms with E-state index in [0.717, 1.165) is 19.1 Å². The topological polar surface area (TPSA) is 18.5 Å². The summed E-state index contributed by atoms with van der Waals surface area (Å²) in [6, 6.07) is 10.3. The first-order valence-corrected chi connectivity index (χ1v) is 7.74. The third-order valence-electron chi connectivity index (χ3n) is 4.12. The summed E-state index contributed by atoms with van der Waals surface area (Å²) in [5.41, 5.74) is 2.80. The van der Waals surface area contributed by atoms with Gasteiger partial charge in [0.2, 0.25) is 0 Å². The molecule has 1 atom stereocenters. The van der Waals surface area contributed by atoms with E-state index in [1.54, 1.807) is 0 Å². The van der Waals surface area contributed by atoms with Crippen LogP contribution in [0.3, 0.4) is 0 Å². The lowest BCUT2D eigenvalue weighted by molar-refractivity contribution is 0.264. The zero-order valence-corrected chi connectivity index (χ0v) is 13.4. The van der Waals surface area contributed by atoms with Crippen molar-refractivity contribution in [1.29, 1.82) is 0 Å². The van der Waals surface area contributed by atoms with Gasteiger partial charge in [-0.1, -0.05) is 38.1 Å². The molecule has 3 nitrogen and oxygen atoms in total. The van der Waals surface area contributed by atoms with E-state index in [1.165, 1.54) is 30.6 Å². The van der Waals surface area contributed by atoms with Crippen LogP contribution in [0.15, 0.2) is 24.3 Å². The maximum Gasteiger partial charge on any atom is 0.0234 e. The van der Waals surface area contributed by atoms with Gasteiger partial charge in [-0.2, -0.15) is 0 Å². The van der Waals surface area contributed by atoms with Gasteiger partial charge in [-0.05, 0) is 31.6 Å². The van der Waals surface area contributed by atoms with Crippen LogP contribution in [0.4, 0.5) is 0 Å². The van der Waals surface area contributed by atoms with Crippen molar-refractivity contribution in [2.24, 2.45) is 0 Å². The fraction of sp³-hybridized carbons (Fsp3) is 0.647. The number of hydrogen-bond acceptors (Lipinski definition) is 3. The van der Waals surface area contributed by atoms with Gasteiger partial charge < -0.3 is 10.2 Å². The van der Waals surface area contributed by atoms with Crippen molar-refractivity contribution in [3.63, 3.8) is 0 Å². The van der Waals surface area contributed by atoms with Crippen LogP contribution in [0.1, 0.15) is 31.4 Å². The van der Waals surface area contributed by atoms with E-state index in [4.69, 9.17) is 0 Å². The van der Waals surface area contributed by atoms with Crippen LogP contribution >= 0.6 is 0 Å². The van der Waals surface area contributed by atoms with Crippen molar-refractivity contribution >= 4 is 0 Å². The molecule has 1 aliphatic rings. The largest absolute Gasteiger partial charge is 0.310 e. The zero-order chi connectivity index (χ0) is 14.5. The molecule has 1 heterocycles. The Morgan fingerprint density at radius 3 is 2.40 bits per heavy atom. The number of benzene rings is 1. The summed E-state index contributed by atoms with van der Waals surface area (Å²) in [7, 11) is 4.37. The molecule has 0 spiro atoms. The van der Waals surface area contributed by atoms with Gasteiger partial charge >= 0.3 is 0 Å². The Balaban J connectivity index is 1.82. The Morgan fingerprint density at radius 1 is 1.20 bits per heavy atom. The molecule has 2 rings (SSSR count). The van der Waals surface area contributed by atoms with Gasteiger partial charge in [-0.25, -0.2) is 0 Å². The summed E-state index contributed by atoms with van der Waals surface area (Å²) < 4.78 is 0. The first-order chi connectivity index (χ1) is 9.54. The second-order valence-electron chi connectivity index (χ2n) is 6.49. The minimum atomic E-state index is 0.544. The van der Waals surface area contributed by atoms with Crippen molar-refractivity contribution in [2.45, 2.75) is 45.4 Å².